The SMILES string of the molecule is CCN(CC)C(=O)[C@@]1(C)C[C@]1(C)Cc1ccccc1. The second kappa shape index (κ2) is 4.99. The summed E-state index contributed by atoms with van der Waals surface area (Å²) in [6.07, 6.45) is 2.00. The average molecular weight is 259 g/mol. The van der Waals surface area contributed by atoms with Gasteiger partial charge < -0.3 is 4.90 Å². The Morgan fingerprint density at radius 3 is 2.26 bits per heavy atom. The van der Waals surface area contributed by atoms with Crippen molar-refractivity contribution in [3.63, 3.8) is 0 Å². The summed E-state index contributed by atoms with van der Waals surface area (Å²) in [6.45, 7) is 10.1. The van der Waals surface area contributed by atoms with E-state index in [1.54, 1.807) is 0 Å². The molecule has 1 amide bonds. The molecule has 2 atom stereocenters. The normalized spacial score (nSPS) is 29.1. The van der Waals surface area contributed by atoms with Gasteiger partial charge in [0.1, 0.15) is 0 Å². The van der Waals surface area contributed by atoms with Gasteiger partial charge in [0, 0.05) is 13.1 Å². The zero-order valence-corrected chi connectivity index (χ0v) is 12.6. The van der Waals surface area contributed by atoms with Gasteiger partial charge in [0.05, 0.1) is 5.41 Å². The molecule has 0 spiro atoms. The van der Waals surface area contributed by atoms with E-state index in [1.165, 1.54) is 5.56 Å². The highest BCUT2D eigenvalue weighted by Gasteiger charge is 2.65. The van der Waals surface area contributed by atoms with Crippen LogP contribution in [0, 0.1) is 10.8 Å². The maximum Gasteiger partial charge on any atom is 0.229 e. The molecule has 1 aromatic rings. The van der Waals surface area contributed by atoms with Gasteiger partial charge in [-0.05, 0) is 37.7 Å². The van der Waals surface area contributed by atoms with Gasteiger partial charge in [0.15, 0.2) is 0 Å². The predicted octanol–water partition coefficient (Wildman–Crippen LogP) is 3.51. The lowest BCUT2D eigenvalue weighted by atomic mass is 9.88. The van der Waals surface area contributed by atoms with Crippen molar-refractivity contribution in [1.82, 2.24) is 4.90 Å². The van der Waals surface area contributed by atoms with E-state index in [9.17, 15) is 4.79 Å². The van der Waals surface area contributed by atoms with E-state index in [4.69, 9.17) is 0 Å². The molecular weight excluding hydrogens is 234 g/mol. The Kier molecular flexibility index (Phi) is 3.71. The zero-order chi connectivity index (χ0) is 14.1. The maximum absolute atomic E-state index is 12.6. The van der Waals surface area contributed by atoms with Crippen LogP contribution in [0.5, 0.6) is 0 Å². The molecule has 0 bridgehead atoms. The number of hydrogen-bond acceptors (Lipinski definition) is 1. The summed E-state index contributed by atoms with van der Waals surface area (Å²) < 4.78 is 0. The van der Waals surface area contributed by atoms with Crippen molar-refractivity contribution in [1.29, 1.82) is 0 Å². The summed E-state index contributed by atoms with van der Waals surface area (Å²) >= 11 is 0. The summed E-state index contributed by atoms with van der Waals surface area (Å²) in [6, 6.07) is 10.5. The van der Waals surface area contributed by atoms with E-state index in [2.05, 4.69) is 52.0 Å². The van der Waals surface area contributed by atoms with Crippen molar-refractivity contribution >= 4 is 5.91 Å². The number of benzene rings is 1. The highest BCUT2D eigenvalue weighted by molar-refractivity contribution is 5.86. The summed E-state index contributed by atoms with van der Waals surface area (Å²) in [5, 5.41) is 0. The monoisotopic (exact) mass is 259 g/mol. The minimum absolute atomic E-state index is 0.119. The third kappa shape index (κ3) is 2.41. The first kappa shape index (κ1) is 14.1. The van der Waals surface area contributed by atoms with E-state index in [1.807, 2.05) is 11.0 Å². The standard InChI is InChI=1S/C17H25NO/c1-5-18(6-2)15(19)17(4)13-16(17,3)12-14-10-8-7-9-11-14/h7-11H,5-6,12-13H2,1-4H3/t16-,17+/m0/s1. The summed E-state index contributed by atoms with van der Waals surface area (Å²) in [4.78, 5) is 14.6. The number of amides is 1. The molecule has 2 rings (SSSR count). The first-order chi connectivity index (χ1) is 8.97. The van der Waals surface area contributed by atoms with Crippen LogP contribution >= 0.6 is 0 Å². The second-order valence-electron chi connectivity index (χ2n) is 6.21. The lowest BCUT2D eigenvalue weighted by molar-refractivity contribution is -0.137. The van der Waals surface area contributed by atoms with E-state index < -0.39 is 0 Å². The molecule has 0 radical (unpaired) electrons. The Morgan fingerprint density at radius 1 is 1.16 bits per heavy atom. The fourth-order valence-corrected chi connectivity index (χ4v) is 3.23. The quantitative estimate of drug-likeness (QED) is 0.792. The number of hydrogen-bond donors (Lipinski definition) is 0. The van der Waals surface area contributed by atoms with Gasteiger partial charge in [-0.1, -0.05) is 44.2 Å². The molecule has 0 heterocycles. The summed E-state index contributed by atoms with van der Waals surface area (Å²) in [5.74, 6) is 0.330. The second-order valence-corrected chi connectivity index (χ2v) is 6.21. The number of nitrogens with zero attached hydrogens (tertiary/aromatic N) is 1. The molecular formula is C17H25NO. The Bertz CT molecular complexity index is 452. The Balaban J connectivity index is 2.10. The van der Waals surface area contributed by atoms with Gasteiger partial charge in [-0.15, -0.1) is 0 Å². The minimum atomic E-state index is -0.172. The van der Waals surface area contributed by atoms with E-state index in [-0.39, 0.29) is 10.8 Å². The van der Waals surface area contributed by atoms with Crippen LogP contribution < -0.4 is 0 Å². The van der Waals surface area contributed by atoms with Crippen molar-refractivity contribution < 1.29 is 4.79 Å². The van der Waals surface area contributed by atoms with Crippen LogP contribution in [-0.4, -0.2) is 23.9 Å². The molecule has 1 saturated carbocycles. The Labute approximate surface area is 116 Å². The fraction of sp³-hybridized carbons (Fsp3) is 0.588. The van der Waals surface area contributed by atoms with E-state index in [0.29, 0.717) is 5.91 Å². The molecule has 2 nitrogen and oxygen atoms in total. The van der Waals surface area contributed by atoms with Crippen molar-refractivity contribution in [2.45, 2.75) is 40.5 Å². The van der Waals surface area contributed by atoms with Gasteiger partial charge in [-0.3, -0.25) is 4.79 Å². The summed E-state index contributed by atoms with van der Waals surface area (Å²) in [7, 11) is 0. The van der Waals surface area contributed by atoms with Crippen LogP contribution in [0.25, 0.3) is 0 Å². The first-order valence-electron chi connectivity index (χ1n) is 7.30. The largest absolute Gasteiger partial charge is 0.343 e. The predicted molar refractivity (Wildman–Crippen MR) is 78.9 cm³/mol. The average Bonchev–Trinajstić information content (AvgIpc) is 2.95. The van der Waals surface area contributed by atoms with E-state index in [0.717, 1.165) is 25.9 Å². The van der Waals surface area contributed by atoms with Crippen molar-refractivity contribution in [2.24, 2.45) is 10.8 Å². The molecule has 0 unspecified atom stereocenters. The van der Waals surface area contributed by atoms with Crippen LogP contribution in [0.2, 0.25) is 0 Å². The van der Waals surface area contributed by atoms with Crippen LogP contribution in [0.4, 0.5) is 0 Å². The molecule has 1 aliphatic carbocycles. The third-order valence-corrected chi connectivity index (χ3v) is 4.91. The molecule has 0 N–H and O–H groups in total. The van der Waals surface area contributed by atoms with Crippen molar-refractivity contribution in [3.8, 4) is 0 Å². The number of rotatable bonds is 5. The Morgan fingerprint density at radius 2 is 1.74 bits per heavy atom. The van der Waals surface area contributed by atoms with Gasteiger partial charge >= 0.3 is 0 Å². The van der Waals surface area contributed by atoms with Gasteiger partial charge in [0.25, 0.3) is 0 Å². The fourth-order valence-electron chi connectivity index (χ4n) is 3.23. The van der Waals surface area contributed by atoms with Crippen LogP contribution in [0.15, 0.2) is 30.3 Å². The Hall–Kier alpha value is -1.31. The van der Waals surface area contributed by atoms with Gasteiger partial charge in [-0.25, -0.2) is 0 Å². The highest BCUT2D eigenvalue weighted by atomic mass is 16.2. The number of carbonyl (C=O) groups excluding carboxylic acids is 1. The first-order valence-corrected chi connectivity index (χ1v) is 7.30. The highest BCUT2D eigenvalue weighted by Crippen LogP contribution is 2.65. The van der Waals surface area contributed by atoms with Crippen LogP contribution in [-0.2, 0) is 11.2 Å². The molecule has 1 aromatic carbocycles. The third-order valence-electron chi connectivity index (χ3n) is 4.91. The molecule has 0 saturated heterocycles. The molecule has 104 valence electrons. The molecule has 0 aromatic heterocycles. The molecule has 1 aliphatic rings. The zero-order valence-electron chi connectivity index (χ0n) is 12.6. The lowest BCUT2D eigenvalue weighted by Crippen LogP contribution is -2.38. The van der Waals surface area contributed by atoms with Crippen LogP contribution in [0.3, 0.4) is 0 Å². The van der Waals surface area contributed by atoms with Crippen LogP contribution in [0.1, 0.15) is 39.7 Å². The van der Waals surface area contributed by atoms with Gasteiger partial charge in [0.2, 0.25) is 5.91 Å². The van der Waals surface area contributed by atoms with Crippen molar-refractivity contribution in [2.75, 3.05) is 13.1 Å². The summed E-state index contributed by atoms with van der Waals surface area (Å²) in [5.41, 5.74) is 1.28. The topological polar surface area (TPSA) is 20.3 Å². The van der Waals surface area contributed by atoms with Gasteiger partial charge in [-0.2, -0.15) is 0 Å². The molecule has 2 heteroatoms. The number of carbonyl (C=O) groups is 1. The molecule has 0 aliphatic heterocycles. The smallest absolute Gasteiger partial charge is 0.229 e. The molecule has 19 heavy (non-hydrogen) atoms. The lowest BCUT2D eigenvalue weighted by Gasteiger charge is -2.26. The molecule has 1 fully saturated rings. The minimum Gasteiger partial charge on any atom is -0.343 e. The maximum atomic E-state index is 12.6. The van der Waals surface area contributed by atoms with E-state index >= 15 is 0 Å². The van der Waals surface area contributed by atoms with Crippen molar-refractivity contribution in [3.05, 3.63) is 35.9 Å².